The summed E-state index contributed by atoms with van der Waals surface area (Å²) >= 11 is 0. The fourth-order valence-electron chi connectivity index (χ4n) is 2.38. The third-order valence-electron chi connectivity index (χ3n) is 3.45. The Morgan fingerprint density at radius 3 is 2.57 bits per heavy atom. The summed E-state index contributed by atoms with van der Waals surface area (Å²) in [6, 6.07) is 2.31. The first-order valence-electron chi connectivity index (χ1n) is 6.06. The number of piperidine rings is 1. The van der Waals surface area contributed by atoms with Crippen molar-refractivity contribution in [3.63, 3.8) is 0 Å². The summed E-state index contributed by atoms with van der Waals surface area (Å²) in [5.41, 5.74) is -1.47. The third kappa shape index (κ3) is 3.14. The Morgan fingerprint density at radius 2 is 2.00 bits per heavy atom. The molecule has 1 fully saturated rings. The Labute approximate surface area is 116 Å². The minimum absolute atomic E-state index is 0.00836. The van der Waals surface area contributed by atoms with Gasteiger partial charge in [-0.1, -0.05) is 6.07 Å². The van der Waals surface area contributed by atoms with Crippen molar-refractivity contribution >= 4 is 11.9 Å². The Hall–Kier alpha value is -2.12. The Balaban J connectivity index is 2.43. The number of carbonyl (C=O) groups is 2. The zero-order chi connectivity index (χ0) is 15.8. The number of carbonyl (C=O) groups excluding carboxylic acids is 1. The summed E-state index contributed by atoms with van der Waals surface area (Å²) in [4.78, 5) is 22.5. The number of carboxylic acids is 1. The molecular formula is C13H11F4NO3. The molecule has 1 saturated heterocycles. The molecule has 0 aliphatic carbocycles. The van der Waals surface area contributed by atoms with E-state index in [0.29, 0.717) is 12.1 Å². The molecule has 1 heterocycles. The van der Waals surface area contributed by atoms with Gasteiger partial charge in [0.2, 0.25) is 5.91 Å². The standard InChI is InChI=1S/C13H11F4NO3/c14-10-2-1-6(3-9(10)13(15,16)17)7-4-11(19)18-5-8(7)12(20)21/h1-3,7-8H,4-5H2,(H,18,19)(H,20,21)/t7-,8+/m1/s1. The molecule has 2 N–H and O–H groups in total. The van der Waals surface area contributed by atoms with E-state index < -0.39 is 41.3 Å². The topological polar surface area (TPSA) is 66.4 Å². The highest BCUT2D eigenvalue weighted by Crippen LogP contribution is 2.37. The fourth-order valence-corrected chi connectivity index (χ4v) is 2.38. The monoisotopic (exact) mass is 305 g/mol. The summed E-state index contributed by atoms with van der Waals surface area (Å²) in [5, 5.41) is 11.4. The van der Waals surface area contributed by atoms with E-state index in [-0.39, 0.29) is 18.5 Å². The number of nitrogens with one attached hydrogen (secondary N) is 1. The lowest BCUT2D eigenvalue weighted by Gasteiger charge is -2.29. The van der Waals surface area contributed by atoms with Crippen molar-refractivity contribution in [2.75, 3.05) is 6.54 Å². The van der Waals surface area contributed by atoms with Gasteiger partial charge in [-0.25, -0.2) is 4.39 Å². The maximum absolute atomic E-state index is 13.2. The molecule has 0 unspecified atom stereocenters. The molecule has 8 heteroatoms. The number of rotatable bonds is 2. The Kier molecular flexibility index (Phi) is 3.89. The predicted molar refractivity (Wildman–Crippen MR) is 62.9 cm³/mol. The van der Waals surface area contributed by atoms with Gasteiger partial charge in [-0.05, 0) is 17.7 Å². The van der Waals surface area contributed by atoms with Crippen molar-refractivity contribution in [1.82, 2.24) is 5.32 Å². The van der Waals surface area contributed by atoms with E-state index in [1.807, 2.05) is 0 Å². The van der Waals surface area contributed by atoms with E-state index in [2.05, 4.69) is 5.32 Å². The number of carboxylic acid groups (broad SMARTS) is 1. The van der Waals surface area contributed by atoms with Gasteiger partial charge < -0.3 is 10.4 Å². The van der Waals surface area contributed by atoms with Gasteiger partial charge >= 0.3 is 12.1 Å². The van der Waals surface area contributed by atoms with Crippen LogP contribution in [0.25, 0.3) is 0 Å². The highest BCUT2D eigenvalue weighted by atomic mass is 19.4. The van der Waals surface area contributed by atoms with Gasteiger partial charge in [-0.15, -0.1) is 0 Å². The van der Waals surface area contributed by atoms with Gasteiger partial charge in [-0.3, -0.25) is 9.59 Å². The van der Waals surface area contributed by atoms with Crippen LogP contribution in [0.4, 0.5) is 17.6 Å². The summed E-state index contributed by atoms with van der Waals surface area (Å²) < 4.78 is 51.3. The Morgan fingerprint density at radius 1 is 1.33 bits per heavy atom. The molecule has 0 saturated carbocycles. The van der Waals surface area contributed by atoms with Crippen LogP contribution < -0.4 is 5.32 Å². The Bertz CT molecular complexity index is 585. The number of halogens is 4. The lowest BCUT2D eigenvalue weighted by molar-refractivity contribution is -0.144. The number of aliphatic carboxylic acids is 1. The summed E-state index contributed by atoms with van der Waals surface area (Å²) in [5.74, 6) is -5.07. The molecule has 4 nitrogen and oxygen atoms in total. The van der Waals surface area contributed by atoms with Crippen LogP contribution in [0.5, 0.6) is 0 Å². The van der Waals surface area contributed by atoms with Crippen molar-refractivity contribution in [1.29, 1.82) is 0 Å². The fraction of sp³-hybridized carbons (Fsp3) is 0.385. The van der Waals surface area contributed by atoms with Gasteiger partial charge in [0.1, 0.15) is 5.82 Å². The zero-order valence-electron chi connectivity index (χ0n) is 10.6. The van der Waals surface area contributed by atoms with Crippen LogP contribution in [0.2, 0.25) is 0 Å². The molecule has 1 aliphatic heterocycles. The van der Waals surface area contributed by atoms with Crippen molar-refractivity contribution in [3.8, 4) is 0 Å². The second kappa shape index (κ2) is 5.34. The molecule has 0 aromatic heterocycles. The molecule has 2 rings (SSSR count). The van der Waals surface area contributed by atoms with Crippen molar-refractivity contribution in [3.05, 3.63) is 35.1 Å². The van der Waals surface area contributed by atoms with Gasteiger partial charge in [-0.2, -0.15) is 13.2 Å². The van der Waals surface area contributed by atoms with Crippen molar-refractivity contribution in [2.45, 2.75) is 18.5 Å². The van der Waals surface area contributed by atoms with Gasteiger partial charge in [0.05, 0.1) is 11.5 Å². The van der Waals surface area contributed by atoms with Crippen LogP contribution in [-0.4, -0.2) is 23.5 Å². The molecule has 114 valence electrons. The molecule has 0 spiro atoms. The molecular weight excluding hydrogens is 294 g/mol. The summed E-state index contributed by atoms with van der Waals surface area (Å²) in [6.45, 7) is -0.169. The molecule has 2 atom stereocenters. The minimum Gasteiger partial charge on any atom is -0.481 e. The number of hydrogen-bond acceptors (Lipinski definition) is 2. The van der Waals surface area contributed by atoms with E-state index in [4.69, 9.17) is 5.11 Å². The number of hydrogen-bond donors (Lipinski definition) is 2. The highest BCUT2D eigenvalue weighted by molar-refractivity contribution is 5.82. The molecule has 1 aromatic carbocycles. The SMILES string of the molecule is O=C1C[C@H](c2ccc(F)c(C(F)(F)F)c2)[C@@H](C(=O)O)CN1. The van der Waals surface area contributed by atoms with Crippen LogP contribution in [0.15, 0.2) is 18.2 Å². The van der Waals surface area contributed by atoms with E-state index in [9.17, 15) is 27.2 Å². The first-order chi connectivity index (χ1) is 9.70. The smallest absolute Gasteiger partial charge is 0.419 e. The minimum atomic E-state index is -4.88. The average molecular weight is 305 g/mol. The maximum Gasteiger partial charge on any atom is 0.419 e. The van der Waals surface area contributed by atoms with Crippen LogP contribution in [0.1, 0.15) is 23.5 Å². The van der Waals surface area contributed by atoms with Crippen molar-refractivity contribution in [2.24, 2.45) is 5.92 Å². The third-order valence-corrected chi connectivity index (χ3v) is 3.45. The quantitative estimate of drug-likeness (QED) is 0.823. The van der Waals surface area contributed by atoms with Crippen LogP contribution in [-0.2, 0) is 15.8 Å². The van der Waals surface area contributed by atoms with Crippen molar-refractivity contribution < 1.29 is 32.3 Å². The molecule has 1 aliphatic rings. The first kappa shape index (κ1) is 15.3. The lowest BCUT2D eigenvalue weighted by atomic mass is 9.80. The van der Waals surface area contributed by atoms with Crippen LogP contribution in [0, 0.1) is 11.7 Å². The van der Waals surface area contributed by atoms with Gasteiger partial charge in [0.15, 0.2) is 0 Å². The van der Waals surface area contributed by atoms with Gasteiger partial charge in [0, 0.05) is 18.9 Å². The molecule has 0 bridgehead atoms. The number of alkyl halides is 3. The highest BCUT2D eigenvalue weighted by Gasteiger charge is 2.38. The first-order valence-corrected chi connectivity index (χ1v) is 6.06. The second-order valence-corrected chi connectivity index (χ2v) is 4.80. The number of benzene rings is 1. The maximum atomic E-state index is 13.2. The molecule has 0 radical (unpaired) electrons. The predicted octanol–water partition coefficient (Wildman–Crippen LogP) is 2.15. The molecule has 1 amide bonds. The molecule has 1 aromatic rings. The zero-order valence-corrected chi connectivity index (χ0v) is 10.6. The summed E-state index contributed by atoms with van der Waals surface area (Å²) in [6.07, 6.45) is -5.13. The largest absolute Gasteiger partial charge is 0.481 e. The average Bonchev–Trinajstić information content (AvgIpc) is 2.37. The molecule has 21 heavy (non-hydrogen) atoms. The van der Waals surface area contributed by atoms with E-state index in [0.717, 1.165) is 6.07 Å². The van der Waals surface area contributed by atoms with Gasteiger partial charge in [0.25, 0.3) is 0 Å². The summed E-state index contributed by atoms with van der Waals surface area (Å²) in [7, 11) is 0. The van der Waals surface area contributed by atoms with E-state index >= 15 is 0 Å². The van der Waals surface area contributed by atoms with Crippen LogP contribution >= 0.6 is 0 Å². The second-order valence-electron chi connectivity index (χ2n) is 4.80. The van der Waals surface area contributed by atoms with E-state index in [1.54, 1.807) is 0 Å². The lowest BCUT2D eigenvalue weighted by Crippen LogP contribution is -2.43. The normalized spacial score (nSPS) is 22.8. The number of amides is 1. The van der Waals surface area contributed by atoms with Crippen LogP contribution in [0.3, 0.4) is 0 Å². The van der Waals surface area contributed by atoms with E-state index in [1.165, 1.54) is 0 Å².